The summed E-state index contributed by atoms with van der Waals surface area (Å²) in [4.78, 5) is 35.4. The van der Waals surface area contributed by atoms with Crippen molar-refractivity contribution in [3.05, 3.63) is 57.6 Å². The van der Waals surface area contributed by atoms with Crippen molar-refractivity contribution >= 4 is 34.2 Å². The highest BCUT2D eigenvalue weighted by molar-refractivity contribution is 5.99. The number of nitro groups is 1. The van der Waals surface area contributed by atoms with Crippen molar-refractivity contribution in [1.29, 1.82) is 0 Å². The molecule has 1 aliphatic rings. The number of nitro benzene ring substituents is 1. The molecule has 1 aromatic heterocycles. The van der Waals surface area contributed by atoms with Crippen LogP contribution in [0.1, 0.15) is 22.5 Å². The lowest BCUT2D eigenvalue weighted by molar-refractivity contribution is -0.384. The van der Waals surface area contributed by atoms with Crippen molar-refractivity contribution in [3.8, 4) is 11.5 Å². The highest BCUT2D eigenvalue weighted by Crippen LogP contribution is 2.39. The average Bonchev–Trinajstić information content (AvgIpc) is 2.93. The molecule has 10 nitrogen and oxygen atoms in total. The van der Waals surface area contributed by atoms with Gasteiger partial charge in [-0.1, -0.05) is 0 Å². The number of furan rings is 1. The topological polar surface area (TPSA) is 130 Å². The van der Waals surface area contributed by atoms with E-state index in [1.54, 1.807) is 6.92 Å². The number of nitrogens with zero attached hydrogens (tertiary/aromatic N) is 1. The van der Waals surface area contributed by atoms with Crippen molar-refractivity contribution < 1.29 is 37.5 Å². The number of hydrogen-bond acceptors (Lipinski definition) is 8. The van der Waals surface area contributed by atoms with Crippen molar-refractivity contribution in [2.45, 2.75) is 13.3 Å². The number of aryl methyl sites for hydroxylation is 1. The van der Waals surface area contributed by atoms with E-state index < -0.39 is 34.9 Å². The third-order valence-corrected chi connectivity index (χ3v) is 4.75. The molecule has 2 aromatic carbocycles. The highest BCUT2D eigenvalue weighted by atomic mass is 19.1. The van der Waals surface area contributed by atoms with E-state index in [2.05, 4.69) is 5.32 Å². The number of hydrogen-bond donors (Lipinski definition) is 1. The Morgan fingerprint density at radius 2 is 1.91 bits per heavy atom. The number of fused-ring (bicyclic) bond motifs is 2. The fourth-order valence-electron chi connectivity index (χ4n) is 3.22. The fourth-order valence-corrected chi connectivity index (χ4v) is 3.22. The first-order valence-corrected chi connectivity index (χ1v) is 9.57. The van der Waals surface area contributed by atoms with E-state index in [0.29, 0.717) is 36.2 Å². The molecule has 1 amide bonds. The summed E-state index contributed by atoms with van der Waals surface area (Å²) in [5, 5.41) is 14.2. The molecule has 0 saturated heterocycles. The lowest BCUT2D eigenvalue weighted by Gasteiger charge is -2.11. The summed E-state index contributed by atoms with van der Waals surface area (Å²) in [6, 6.07) is 6.25. The van der Waals surface area contributed by atoms with Crippen LogP contribution in [0.15, 0.2) is 34.7 Å². The minimum atomic E-state index is -0.928. The largest absolute Gasteiger partial charge is 0.489 e. The van der Waals surface area contributed by atoms with Gasteiger partial charge in [0.05, 0.1) is 24.2 Å². The Labute approximate surface area is 180 Å². The van der Waals surface area contributed by atoms with Crippen LogP contribution in [-0.4, -0.2) is 36.6 Å². The number of halogens is 1. The Morgan fingerprint density at radius 3 is 2.62 bits per heavy atom. The third kappa shape index (κ3) is 4.17. The first-order chi connectivity index (χ1) is 15.3. The lowest BCUT2D eigenvalue weighted by atomic mass is 10.1. The molecule has 0 aliphatic carbocycles. The number of carbonyl (C=O) groups excluding carboxylic acids is 2. The van der Waals surface area contributed by atoms with Gasteiger partial charge in [0.2, 0.25) is 5.76 Å². The molecular weight excluding hydrogens is 427 g/mol. The molecule has 0 spiro atoms. The van der Waals surface area contributed by atoms with E-state index >= 15 is 0 Å². The summed E-state index contributed by atoms with van der Waals surface area (Å²) in [7, 11) is 0. The van der Waals surface area contributed by atoms with Gasteiger partial charge in [0.15, 0.2) is 18.1 Å². The standard InChI is InChI=1S/C21H17FN2O8/c1-11-13-7-12(22)3-4-16(13)32-20(11)21(26)31-10-19(25)23-14-8-17-18(9-15(14)24(27)28)30-6-2-5-29-17/h3-4,7-9H,2,5-6,10H2,1H3,(H,23,25). The first kappa shape index (κ1) is 21.1. The zero-order chi connectivity index (χ0) is 22.8. The van der Waals surface area contributed by atoms with Crippen LogP contribution in [0.2, 0.25) is 0 Å². The predicted octanol–water partition coefficient (Wildman–Crippen LogP) is 3.75. The summed E-state index contributed by atoms with van der Waals surface area (Å²) in [6.07, 6.45) is 0.605. The van der Waals surface area contributed by atoms with Gasteiger partial charge in [0.25, 0.3) is 11.6 Å². The Hall–Kier alpha value is -4.15. The van der Waals surface area contributed by atoms with Crippen molar-refractivity contribution in [3.63, 3.8) is 0 Å². The van der Waals surface area contributed by atoms with Crippen LogP contribution in [0.3, 0.4) is 0 Å². The average molecular weight is 444 g/mol. The monoisotopic (exact) mass is 444 g/mol. The molecule has 2 heterocycles. The Morgan fingerprint density at radius 1 is 1.19 bits per heavy atom. The van der Waals surface area contributed by atoms with Crippen LogP contribution in [0, 0.1) is 22.9 Å². The molecule has 11 heteroatoms. The number of benzene rings is 2. The number of rotatable bonds is 5. The molecule has 1 aliphatic heterocycles. The maximum atomic E-state index is 13.4. The summed E-state index contributed by atoms with van der Waals surface area (Å²) in [5.74, 6) is -1.93. The summed E-state index contributed by atoms with van der Waals surface area (Å²) in [6.45, 7) is 1.54. The van der Waals surface area contributed by atoms with E-state index in [4.69, 9.17) is 18.6 Å². The van der Waals surface area contributed by atoms with Crippen LogP contribution in [-0.2, 0) is 9.53 Å². The molecule has 32 heavy (non-hydrogen) atoms. The smallest absolute Gasteiger partial charge is 0.375 e. The quantitative estimate of drug-likeness (QED) is 0.358. The van der Waals surface area contributed by atoms with Gasteiger partial charge in [-0.2, -0.15) is 0 Å². The Balaban J connectivity index is 1.47. The maximum absolute atomic E-state index is 13.4. The number of amides is 1. The van der Waals surface area contributed by atoms with Gasteiger partial charge in [-0.05, 0) is 25.1 Å². The maximum Gasteiger partial charge on any atom is 0.375 e. The zero-order valence-electron chi connectivity index (χ0n) is 16.8. The Bertz CT molecular complexity index is 1240. The minimum Gasteiger partial charge on any atom is -0.489 e. The number of nitrogens with one attached hydrogen (secondary N) is 1. The van der Waals surface area contributed by atoms with E-state index in [-0.39, 0.29) is 22.9 Å². The van der Waals surface area contributed by atoms with E-state index in [1.165, 1.54) is 30.3 Å². The second-order valence-electron chi connectivity index (χ2n) is 6.94. The molecule has 1 N–H and O–H groups in total. The van der Waals surface area contributed by atoms with Gasteiger partial charge in [-0.25, -0.2) is 9.18 Å². The molecule has 0 bridgehead atoms. The lowest BCUT2D eigenvalue weighted by Crippen LogP contribution is -2.21. The van der Waals surface area contributed by atoms with Crippen LogP contribution >= 0.6 is 0 Å². The van der Waals surface area contributed by atoms with Crippen LogP contribution < -0.4 is 14.8 Å². The summed E-state index contributed by atoms with van der Waals surface area (Å²) in [5.41, 5.74) is 0.131. The SMILES string of the molecule is Cc1c(C(=O)OCC(=O)Nc2cc3c(cc2[N+](=O)[O-])OCCCO3)oc2ccc(F)cc12. The van der Waals surface area contributed by atoms with E-state index in [1.807, 2.05) is 0 Å². The molecule has 0 radical (unpaired) electrons. The normalized spacial score (nSPS) is 12.8. The molecular formula is C21H17FN2O8. The Kier molecular flexibility index (Phi) is 5.63. The van der Waals surface area contributed by atoms with Gasteiger partial charge in [0.1, 0.15) is 17.1 Å². The number of anilines is 1. The van der Waals surface area contributed by atoms with Gasteiger partial charge >= 0.3 is 5.97 Å². The van der Waals surface area contributed by atoms with Gasteiger partial charge in [-0.15, -0.1) is 0 Å². The second kappa shape index (κ2) is 8.53. The third-order valence-electron chi connectivity index (χ3n) is 4.75. The minimum absolute atomic E-state index is 0.129. The van der Waals surface area contributed by atoms with Crippen molar-refractivity contribution in [2.24, 2.45) is 0 Å². The van der Waals surface area contributed by atoms with Crippen molar-refractivity contribution in [1.82, 2.24) is 0 Å². The molecule has 0 saturated carbocycles. The number of carbonyl (C=O) groups is 2. The molecule has 3 aromatic rings. The fraction of sp³-hybridized carbons (Fsp3) is 0.238. The van der Waals surface area contributed by atoms with Crippen LogP contribution in [0.25, 0.3) is 11.0 Å². The van der Waals surface area contributed by atoms with Crippen molar-refractivity contribution in [2.75, 3.05) is 25.1 Å². The molecule has 0 unspecified atom stereocenters. The molecule has 166 valence electrons. The molecule has 0 atom stereocenters. The summed E-state index contributed by atoms with van der Waals surface area (Å²) >= 11 is 0. The zero-order valence-corrected chi connectivity index (χ0v) is 16.8. The van der Waals surface area contributed by atoms with Crippen LogP contribution in [0.5, 0.6) is 11.5 Å². The summed E-state index contributed by atoms with van der Waals surface area (Å²) < 4.78 is 34.7. The van der Waals surface area contributed by atoms with Gasteiger partial charge < -0.3 is 23.9 Å². The predicted molar refractivity (Wildman–Crippen MR) is 109 cm³/mol. The van der Waals surface area contributed by atoms with Gasteiger partial charge in [-0.3, -0.25) is 14.9 Å². The first-order valence-electron chi connectivity index (χ1n) is 9.57. The molecule has 4 rings (SSSR count). The van der Waals surface area contributed by atoms with E-state index in [0.717, 1.165) is 0 Å². The number of esters is 1. The van der Waals surface area contributed by atoms with Gasteiger partial charge in [0, 0.05) is 23.4 Å². The van der Waals surface area contributed by atoms with E-state index in [9.17, 15) is 24.1 Å². The molecule has 0 fully saturated rings. The number of ether oxygens (including phenoxy) is 3. The second-order valence-corrected chi connectivity index (χ2v) is 6.94. The highest BCUT2D eigenvalue weighted by Gasteiger charge is 2.24. The van der Waals surface area contributed by atoms with Crippen LogP contribution in [0.4, 0.5) is 15.8 Å².